The highest BCUT2D eigenvalue weighted by molar-refractivity contribution is 5.13. The topological polar surface area (TPSA) is 26.0 Å². The van der Waals surface area contributed by atoms with Gasteiger partial charge in [-0.15, -0.1) is 0 Å². The van der Waals surface area contributed by atoms with Crippen molar-refractivity contribution < 1.29 is 0 Å². The van der Waals surface area contributed by atoms with Gasteiger partial charge in [0.1, 0.15) is 0 Å². The van der Waals surface area contributed by atoms with Crippen LogP contribution in [0.15, 0.2) is 11.6 Å². The van der Waals surface area contributed by atoms with Gasteiger partial charge in [0, 0.05) is 6.04 Å². The van der Waals surface area contributed by atoms with Gasteiger partial charge in [-0.3, -0.25) is 0 Å². The van der Waals surface area contributed by atoms with E-state index in [2.05, 4.69) is 6.08 Å². The minimum Gasteiger partial charge on any atom is -0.328 e. The molecule has 0 radical (unpaired) electrons. The Labute approximate surface area is 68.7 Å². The van der Waals surface area contributed by atoms with Crippen LogP contribution in [0, 0.1) is 5.92 Å². The molecule has 2 aliphatic rings. The fourth-order valence-electron chi connectivity index (χ4n) is 2.41. The van der Waals surface area contributed by atoms with Crippen molar-refractivity contribution in [3.63, 3.8) is 0 Å². The van der Waals surface area contributed by atoms with Gasteiger partial charge in [-0.25, -0.2) is 0 Å². The van der Waals surface area contributed by atoms with E-state index in [1.54, 1.807) is 5.57 Å². The van der Waals surface area contributed by atoms with E-state index < -0.39 is 0 Å². The summed E-state index contributed by atoms with van der Waals surface area (Å²) < 4.78 is 0. The predicted molar refractivity (Wildman–Crippen MR) is 47.3 cm³/mol. The maximum absolute atomic E-state index is 5.91. The van der Waals surface area contributed by atoms with Crippen LogP contribution < -0.4 is 5.73 Å². The van der Waals surface area contributed by atoms with Gasteiger partial charge in [-0.1, -0.05) is 11.6 Å². The quantitative estimate of drug-likeness (QED) is 0.528. The molecule has 2 aliphatic carbocycles. The van der Waals surface area contributed by atoms with E-state index >= 15 is 0 Å². The Bertz CT molecular complexity index is 172. The smallest absolute Gasteiger partial charge is 0.00475 e. The van der Waals surface area contributed by atoms with Gasteiger partial charge in [-0.2, -0.15) is 0 Å². The molecule has 0 saturated heterocycles. The van der Waals surface area contributed by atoms with Crippen LogP contribution >= 0.6 is 0 Å². The molecule has 0 aromatic rings. The molecule has 2 rings (SSSR count). The Morgan fingerprint density at radius 2 is 2.27 bits per heavy atom. The summed E-state index contributed by atoms with van der Waals surface area (Å²) in [6.45, 7) is 0. The first kappa shape index (κ1) is 7.35. The molecule has 0 spiro atoms. The molecule has 0 aromatic heterocycles. The largest absolute Gasteiger partial charge is 0.328 e. The molecule has 0 aromatic carbocycles. The standard InChI is InChI=1S/C10H17N/c11-10-6-5-8-3-1-2-4-9(8)7-10/h3,9-10H,1-2,4-7,11H2. The maximum Gasteiger partial charge on any atom is 0.00475 e. The van der Waals surface area contributed by atoms with Crippen LogP contribution in [0.25, 0.3) is 0 Å². The molecule has 0 amide bonds. The van der Waals surface area contributed by atoms with E-state index in [9.17, 15) is 0 Å². The molecule has 0 aliphatic heterocycles. The second kappa shape index (κ2) is 2.98. The first-order chi connectivity index (χ1) is 5.36. The molecule has 2 atom stereocenters. The summed E-state index contributed by atoms with van der Waals surface area (Å²) in [7, 11) is 0. The Kier molecular flexibility index (Phi) is 1.99. The van der Waals surface area contributed by atoms with Gasteiger partial charge in [-0.05, 0) is 44.4 Å². The van der Waals surface area contributed by atoms with Gasteiger partial charge >= 0.3 is 0 Å². The van der Waals surface area contributed by atoms with Crippen LogP contribution in [0.4, 0.5) is 0 Å². The molecule has 0 heterocycles. The lowest BCUT2D eigenvalue weighted by atomic mass is 9.76. The van der Waals surface area contributed by atoms with E-state index in [0.717, 1.165) is 5.92 Å². The average molecular weight is 151 g/mol. The lowest BCUT2D eigenvalue weighted by molar-refractivity contribution is 0.364. The van der Waals surface area contributed by atoms with E-state index in [-0.39, 0.29) is 0 Å². The van der Waals surface area contributed by atoms with Crippen LogP contribution in [0.2, 0.25) is 0 Å². The minimum atomic E-state index is 0.496. The molecule has 62 valence electrons. The molecule has 1 fully saturated rings. The van der Waals surface area contributed by atoms with Gasteiger partial charge in [0.15, 0.2) is 0 Å². The molecular weight excluding hydrogens is 134 g/mol. The van der Waals surface area contributed by atoms with Gasteiger partial charge in [0.05, 0.1) is 0 Å². The average Bonchev–Trinajstić information content (AvgIpc) is 2.04. The fourth-order valence-corrected chi connectivity index (χ4v) is 2.41. The van der Waals surface area contributed by atoms with E-state index in [1.807, 2.05) is 0 Å². The number of hydrogen-bond donors (Lipinski definition) is 1. The monoisotopic (exact) mass is 151 g/mol. The van der Waals surface area contributed by atoms with Crippen LogP contribution in [0.1, 0.15) is 38.5 Å². The first-order valence-corrected chi connectivity index (χ1v) is 4.81. The van der Waals surface area contributed by atoms with Crippen molar-refractivity contribution in [3.8, 4) is 0 Å². The Morgan fingerprint density at radius 1 is 1.36 bits per heavy atom. The number of allylic oxidation sites excluding steroid dienone is 2. The molecule has 1 saturated carbocycles. The van der Waals surface area contributed by atoms with Crippen LogP contribution in [-0.2, 0) is 0 Å². The highest BCUT2D eigenvalue weighted by Crippen LogP contribution is 2.35. The van der Waals surface area contributed by atoms with Crippen molar-refractivity contribution >= 4 is 0 Å². The summed E-state index contributed by atoms with van der Waals surface area (Å²) in [4.78, 5) is 0. The SMILES string of the molecule is NC1CCC2=CCCCC2C1. The minimum absolute atomic E-state index is 0.496. The van der Waals surface area contributed by atoms with Crippen molar-refractivity contribution in [2.24, 2.45) is 11.7 Å². The molecular formula is C10H17N. The summed E-state index contributed by atoms with van der Waals surface area (Å²) >= 11 is 0. The van der Waals surface area contributed by atoms with E-state index in [1.165, 1.54) is 38.5 Å². The lowest BCUT2D eigenvalue weighted by Crippen LogP contribution is -2.30. The van der Waals surface area contributed by atoms with Gasteiger partial charge in [0.2, 0.25) is 0 Å². The third kappa shape index (κ3) is 1.48. The lowest BCUT2D eigenvalue weighted by Gasteiger charge is -2.32. The highest BCUT2D eigenvalue weighted by atomic mass is 14.6. The maximum atomic E-state index is 5.91. The molecule has 2 N–H and O–H groups in total. The first-order valence-electron chi connectivity index (χ1n) is 4.81. The van der Waals surface area contributed by atoms with Gasteiger partial charge in [0.25, 0.3) is 0 Å². The Morgan fingerprint density at radius 3 is 3.18 bits per heavy atom. The van der Waals surface area contributed by atoms with Crippen LogP contribution in [0.5, 0.6) is 0 Å². The molecule has 11 heavy (non-hydrogen) atoms. The van der Waals surface area contributed by atoms with Gasteiger partial charge < -0.3 is 5.73 Å². The Hall–Kier alpha value is -0.300. The molecule has 1 nitrogen and oxygen atoms in total. The van der Waals surface area contributed by atoms with Crippen molar-refractivity contribution in [1.29, 1.82) is 0 Å². The molecule has 1 heteroatoms. The zero-order valence-corrected chi connectivity index (χ0v) is 7.05. The third-order valence-corrected chi connectivity index (χ3v) is 3.08. The summed E-state index contributed by atoms with van der Waals surface area (Å²) in [5, 5.41) is 0. The third-order valence-electron chi connectivity index (χ3n) is 3.08. The van der Waals surface area contributed by atoms with Crippen molar-refractivity contribution in [1.82, 2.24) is 0 Å². The summed E-state index contributed by atoms with van der Waals surface area (Å²) in [6, 6.07) is 0.496. The summed E-state index contributed by atoms with van der Waals surface area (Å²) in [5.41, 5.74) is 7.63. The number of nitrogens with two attached hydrogens (primary N) is 1. The second-order valence-corrected chi connectivity index (χ2v) is 3.94. The number of rotatable bonds is 0. The van der Waals surface area contributed by atoms with Crippen molar-refractivity contribution in [2.75, 3.05) is 0 Å². The van der Waals surface area contributed by atoms with Crippen LogP contribution in [-0.4, -0.2) is 6.04 Å². The van der Waals surface area contributed by atoms with E-state index in [0.29, 0.717) is 6.04 Å². The molecule has 0 bridgehead atoms. The predicted octanol–water partition coefficient (Wildman–Crippen LogP) is 2.22. The Balaban J connectivity index is 2.06. The van der Waals surface area contributed by atoms with Crippen molar-refractivity contribution in [3.05, 3.63) is 11.6 Å². The number of hydrogen-bond acceptors (Lipinski definition) is 1. The van der Waals surface area contributed by atoms with Crippen molar-refractivity contribution in [2.45, 2.75) is 44.6 Å². The van der Waals surface area contributed by atoms with Crippen LogP contribution in [0.3, 0.4) is 0 Å². The van der Waals surface area contributed by atoms with E-state index in [4.69, 9.17) is 5.73 Å². The summed E-state index contributed by atoms with van der Waals surface area (Å²) in [6.07, 6.45) is 10.3. The number of fused-ring (bicyclic) bond motifs is 1. The zero-order chi connectivity index (χ0) is 7.68. The second-order valence-electron chi connectivity index (χ2n) is 3.94. The summed E-state index contributed by atoms with van der Waals surface area (Å²) in [5.74, 6) is 0.868. The zero-order valence-electron chi connectivity index (χ0n) is 7.05. The fraction of sp³-hybridized carbons (Fsp3) is 0.800. The highest BCUT2D eigenvalue weighted by Gasteiger charge is 2.24. The normalized spacial score (nSPS) is 37.7. The molecule has 2 unspecified atom stereocenters.